The van der Waals surface area contributed by atoms with E-state index in [1.165, 1.54) is 70.8 Å². The number of quaternary nitrogens is 2. The number of hydrogen-bond acceptors (Lipinski definition) is 18. The maximum atomic E-state index is 13.4. The smallest absolute Gasteiger partial charge is 0.311 e. The number of nitrogens with zero attached hydrogens (tertiary/aromatic N) is 2. The van der Waals surface area contributed by atoms with Gasteiger partial charge in [-0.2, -0.15) is 0 Å². The van der Waals surface area contributed by atoms with Gasteiger partial charge in [0.05, 0.1) is 132 Å². The molecule has 0 spiro atoms. The fraction of sp³-hybridized carbons (Fsp3) is 0.424. The molecule has 0 amide bonds. The number of ether oxygens (including phenoxy) is 10. The molecule has 2 heterocycles. The molecule has 88 heavy (non-hydrogen) atoms. The van der Waals surface area contributed by atoms with Crippen molar-refractivity contribution >= 4 is 32.2 Å². The van der Waals surface area contributed by atoms with Gasteiger partial charge in [0, 0.05) is 36.8 Å². The van der Waals surface area contributed by atoms with Crippen LogP contribution in [0.25, 0.3) is 0 Å². The van der Waals surface area contributed by atoms with Gasteiger partial charge in [0.15, 0.2) is 46.0 Å². The van der Waals surface area contributed by atoms with Crippen LogP contribution in [0.3, 0.4) is 0 Å². The van der Waals surface area contributed by atoms with E-state index in [9.17, 15) is 35.5 Å². The largest absolute Gasteiger partial charge is 0.744 e. The van der Waals surface area contributed by atoms with E-state index in [1.54, 1.807) is 69.0 Å². The number of rotatable bonds is 26. The molecule has 0 aliphatic carbocycles. The summed E-state index contributed by atoms with van der Waals surface area (Å²) < 4.78 is 120. The Morgan fingerprint density at radius 2 is 0.852 bits per heavy atom. The Balaban J connectivity index is 0.000000519. The van der Waals surface area contributed by atoms with Gasteiger partial charge < -0.3 is 65.4 Å². The quantitative estimate of drug-likeness (QED) is 0.0212. The van der Waals surface area contributed by atoms with Crippen LogP contribution in [-0.2, 0) is 65.0 Å². The summed E-state index contributed by atoms with van der Waals surface area (Å²) in [7, 11) is 9.12. The molecule has 0 fully saturated rings. The van der Waals surface area contributed by atoms with Gasteiger partial charge >= 0.3 is 11.9 Å². The molecule has 5 atom stereocenters. The molecule has 20 nitrogen and oxygen atoms in total. The number of carbonyl (C=O) groups is 2. The molecule has 6 aromatic carbocycles. The predicted molar refractivity (Wildman–Crippen MR) is 329 cm³/mol. The highest BCUT2D eigenvalue weighted by atomic mass is 32.2. The fourth-order valence-electron chi connectivity index (χ4n) is 11.3. The molecule has 2 aliphatic rings. The fourth-order valence-corrected chi connectivity index (χ4v) is 12.3. The number of esters is 2. The van der Waals surface area contributed by atoms with Crippen molar-refractivity contribution in [3.8, 4) is 46.0 Å². The summed E-state index contributed by atoms with van der Waals surface area (Å²) in [5.74, 6) is 5.05. The first-order valence-electron chi connectivity index (χ1n) is 28.9. The summed E-state index contributed by atoms with van der Waals surface area (Å²) in [4.78, 5) is 26.3. The van der Waals surface area contributed by atoms with Crippen LogP contribution < -0.4 is 37.9 Å². The highest BCUT2D eigenvalue weighted by molar-refractivity contribution is 7.86. The summed E-state index contributed by atoms with van der Waals surface area (Å²) >= 11 is 0. The van der Waals surface area contributed by atoms with Crippen molar-refractivity contribution in [1.82, 2.24) is 0 Å². The maximum Gasteiger partial charge on any atom is 0.311 e. The third-order valence-electron chi connectivity index (χ3n) is 16.4. The first-order valence-corrected chi connectivity index (χ1v) is 31.7. The molecule has 0 radical (unpaired) electrons. The average Bonchev–Trinajstić information content (AvgIpc) is 1.17. The van der Waals surface area contributed by atoms with E-state index in [-0.39, 0.29) is 52.8 Å². The molecule has 8 rings (SSSR count). The van der Waals surface area contributed by atoms with Crippen LogP contribution in [0.2, 0.25) is 0 Å². The van der Waals surface area contributed by atoms with Gasteiger partial charge in [-0.15, -0.1) is 0 Å². The molecule has 0 saturated heterocycles. The lowest BCUT2D eigenvalue weighted by atomic mass is 9.86. The molecule has 0 N–H and O–H groups in total. The van der Waals surface area contributed by atoms with Gasteiger partial charge in [0.25, 0.3) is 0 Å². The second kappa shape index (κ2) is 32.0. The van der Waals surface area contributed by atoms with Crippen molar-refractivity contribution in [2.75, 3.05) is 104 Å². The van der Waals surface area contributed by atoms with Gasteiger partial charge in [-0.1, -0.05) is 48.5 Å². The van der Waals surface area contributed by atoms with Crippen molar-refractivity contribution in [2.24, 2.45) is 0 Å². The lowest BCUT2D eigenvalue weighted by Crippen LogP contribution is -2.53. The van der Waals surface area contributed by atoms with E-state index >= 15 is 0 Å². The Labute approximate surface area is 518 Å². The number of fused-ring (bicyclic) bond motifs is 2. The van der Waals surface area contributed by atoms with Gasteiger partial charge in [-0.3, -0.25) is 9.59 Å². The van der Waals surface area contributed by atoms with E-state index in [4.69, 9.17) is 47.4 Å². The van der Waals surface area contributed by atoms with Crippen molar-refractivity contribution in [1.29, 1.82) is 0 Å². The van der Waals surface area contributed by atoms with Crippen molar-refractivity contribution in [3.63, 3.8) is 0 Å². The molecule has 6 aromatic rings. The van der Waals surface area contributed by atoms with Gasteiger partial charge in [0.2, 0.25) is 0 Å². The molecule has 0 aromatic heterocycles. The molecule has 478 valence electrons. The molecular weight excluding hydrogens is 1170 g/mol. The average molecular weight is 1260 g/mol. The predicted octanol–water partition coefficient (Wildman–Crippen LogP) is 9.64. The lowest BCUT2D eigenvalue weighted by Gasteiger charge is -2.46. The van der Waals surface area contributed by atoms with Gasteiger partial charge in [-0.25, -0.2) is 16.8 Å². The number of unbranched alkanes of at least 4 members (excludes halogenated alkanes) is 1. The third-order valence-corrected chi connectivity index (χ3v) is 18.1. The number of likely N-dealkylation sites (N-methyl/N-ethyl adjacent to an activating group) is 2. The van der Waals surface area contributed by atoms with E-state index < -0.39 is 20.2 Å². The summed E-state index contributed by atoms with van der Waals surface area (Å²) in [6.07, 6.45) is 5.53. The Morgan fingerprint density at radius 3 is 1.22 bits per heavy atom. The SMILES string of the molecule is COc1ccc(C[C@@H]2c3cc(OC)c(OC)cc3CC[N@+]2(C)CCC(=O)OCCCCC(C)OC(=O)CC[N@@+]2(C)CCc3cc(OC)c(OC)cc3[C@H]2Cc2ccc(OC)c(OC)c2)cc1OC.O=S(=O)([O-])c1ccccc1.O=S(=O)([O-])c1ccccc1. The second-order valence-electron chi connectivity index (χ2n) is 22.0. The first kappa shape index (κ1) is 69.5. The Hall–Kier alpha value is -7.60. The number of benzene rings is 6. The minimum atomic E-state index is -4.25. The van der Waals surface area contributed by atoms with Crippen LogP contribution >= 0.6 is 0 Å². The second-order valence-corrected chi connectivity index (χ2v) is 24.8. The van der Waals surface area contributed by atoms with E-state index in [0.717, 1.165) is 56.3 Å². The van der Waals surface area contributed by atoms with E-state index in [2.05, 4.69) is 50.5 Å². The monoisotopic (exact) mass is 1260 g/mol. The molecule has 22 heteroatoms. The van der Waals surface area contributed by atoms with Crippen molar-refractivity contribution < 1.29 is 91.9 Å². The highest BCUT2D eigenvalue weighted by Gasteiger charge is 2.42. The van der Waals surface area contributed by atoms with Crippen molar-refractivity contribution in [3.05, 3.63) is 155 Å². The maximum absolute atomic E-state index is 13.4. The van der Waals surface area contributed by atoms with Crippen LogP contribution in [0.1, 0.15) is 84.5 Å². The molecule has 0 saturated carbocycles. The third kappa shape index (κ3) is 18.7. The van der Waals surface area contributed by atoms with Gasteiger partial charge in [-0.05, 0) is 121 Å². The number of hydrogen-bond donors (Lipinski definition) is 0. The minimum Gasteiger partial charge on any atom is -0.744 e. The summed E-state index contributed by atoms with van der Waals surface area (Å²) in [5, 5.41) is 0. The highest BCUT2D eigenvalue weighted by Crippen LogP contribution is 2.45. The zero-order valence-electron chi connectivity index (χ0n) is 52.2. The summed E-state index contributed by atoms with van der Waals surface area (Å²) in [6, 6.07) is 34.9. The summed E-state index contributed by atoms with van der Waals surface area (Å²) in [6.45, 7) is 5.16. The Bertz CT molecular complexity index is 3430. The minimum absolute atomic E-state index is 0.0323. The topological polar surface area (TPSA) is 241 Å². The van der Waals surface area contributed by atoms with Crippen molar-refractivity contribution in [2.45, 2.75) is 92.7 Å². The van der Waals surface area contributed by atoms with E-state index in [1.807, 2.05) is 31.2 Å². The molecule has 0 bridgehead atoms. The zero-order valence-corrected chi connectivity index (χ0v) is 53.9. The van der Waals surface area contributed by atoms with E-state index in [0.29, 0.717) is 87.5 Å². The van der Waals surface area contributed by atoms with Crippen LogP contribution in [0.4, 0.5) is 0 Å². The zero-order chi connectivity index (χ0) is 64.2. The Morgan fingerprint density at radius 1 is 0.489 bits per heavy atom. The standard InChI is InChI=1S/C54H74N2O12.2C6H6O3S/c1-36(68-54(58)22-26-56(3)24-20-40-33-50(64-9)52(66-11)35-42(40)44(56)29-38-16-18-46(60-5)48(31-38)62-7)14-12-13-27-67-53(57)21-25-55(2)23-19-39-32-49(63-8)51(65-10)34-41(39)43(55)28-37-15-17-45(59-4)47(30-37)61-6;2*7-10(8,9)6-4-2-1-3-5-6/h15-18,30-36,43-44H,12-14,19-29H2,1-11H3;2*1-5H,(H,7,8,9)/q+2;;/p-2/t36?,43-,44-,55-,56-;;/m1../s1. The number of carbonyl (C=O) groups excluding carboxylic acids is 2. The molecular formula is C66H84N2O18S2. The molecule has 2 aliphatic heterocycles. The summed E-state index contributed by atoms with van der Waals surface area (Å²) in [5.41, 5.74) is 7.00. The van der Waals surface area contributed by atoms with Crippen LogP contribution in [0.5, 0.6) is 46.0 Å². The van der Waals surface area contributed by atoms with Gasteiger partial charge in [0.1, 0.15) is 32.3 Å². The Kier molecular flexibility index (Phi) is 25.3. The lowest BCUT2D eigenvalue weighted by molar-refractivity contribution is -0.940. The normalized spacial score (nSPS) is 18.0. The van der Waals surface area contributed by atoms with Crippen LogP contribution in [0, 0.1) is 0 Å². The van der Waals surface area contributed by atoms with Crippen LogP contribution in [-0.4, -0.2) is 157 Å². The number of methoxy groups -OCH3 is 8. The first-order chi connectivity index (χ1) is 42.0. The molecule has 1 unspecified atom stereocenters. The van der Waals surface area contributed by atoms with Crippen LogP contribution in [0.15, 0.2) is 131 Å².